The molecule has 0 saturated heterocycles. The summed E-state index contributed by atoms with van der Waals surface area (Å²) in [6, 6.07) is 0. The van der Waals surface area contributed by atoms with Crippen LogP contribution in [0.2, 0.25) is 0 Å². The summed E-state index contributed by atoms with van der Waals surface area (Å²) in [7, 11) is 3.87. The molecule has 0 aliphatic carbocycles. The molecule has 1 heterocycles. The van der Waals surface area contributed by atoms with Gasteiger partial charge in [0.25, 0.3) is 0 Å². The predicted octanol–water partition coefficient (Wildman–Crippen LogP) is 0.557. The van der Waals surface area contributed by atoms with E-state index in [4.69, 9.17) is 5.11 Å². The number of aliphatic carboxylic acids is 1. The van der Waals surface area contributed by atoms with Crippen molar-refractivity contribution in [3.63, 3.8) is 0 Å². The van der Waals surface area contributed by atoms with Gasteiger partial charge < -0.3 is 10.0 Å². The summed E-state index contributed by atoms with van der Waals surface area (Å²) in [5.41, 5.74) is 1.82. The van der Waals surface area contributed by atoms with Crippen molar-refractivity contribution in [3.8, 4) is 0 Å². The van der Waals surface area contributed by atoms with E-state index in [1.165, 1.54) is 0 Å². The van der Waals surface area contributed by atoms with Crippen LogP contribution in [0.25, 0.3) is 0 Å². The lowest BCUT2D eigenvalue weighted by atomic mass is 10.0. The Morgan fingerprint density at radius 2 is 1.95 bits per heavy atom. The molecule has 0 unspecified atom stereocenters. The van der Waals surface area contributed by atoms with Gasteiger partial charge in [-0.3, -0.25) is 9.36 Å². The van der Waals surface area contributed by atoms with Crippen LogP contribution in [-0.4, -0.2) is 46.2 Å². The molecule has 0 amide bonds. The number of nitrogens with zero attached hydrogens (tertiary/aromatic N) is 3. The van der Waals surface area contributed by atoms with E-state index < -0.39 is 5.97 Å². The summed E-state index contributed by atoms with van der Waals surface area (Å²) in [5, 5.41) is 9.06. The average Bonchev–Trinajstić information content (AvgIpc) is 2.37. The van der Waals surface area contributed by atoms with E-state index in [2.05, 4.69) is 4.98 Å². The summed E-state index contributed by atoms with van der Waals surface area (Å²) in [5.74, 6) is -0.894. The number of likely N-dealkylation sites (N-methyl/N-ethyl adjacent to an activating group) is 1. The number of hydrogen-bond acceptors (Lipinski definition) is 4. The van der Waals surface area contributed by atoms with Crippen molar-refractivity contribution in [3.05, 3.63) is 27.4 Å². The Labute approximate surface area is 119 Å². The lowest BCUT2D eigenvalue weighted by molar-refractivity contribution is -0.136. The third-order valence-electron chi connectivity index (χ3n) is 3.25. The number of rotatable bonds is 7. The first-order chi connectivity index (χ1) is 9.40. The smallest absolute Gasteiger partial charge is 0.348 e. The van der Waals surface area contributed by atoms with Crippen LogP contribution in [0.15, 0.2) is 4.79 Å². The number of hydrogen-bond donors (Lipinski definition) is 1. The van der Waals surface area contributed by atoms with Gasteiger partial charge in [-0.1, -0.05) is 13.8 Å². The average molecular weight is 281 g/mol. The molecule has 6 nitrogen and oxygen atoms in total. The zero-order chi connectivity index (χ0) is 15.3. The second kappa shape index (κ2) is 7.19. The molecule has 0 bridgehead atoms. The van der Waals surface area contributed by atoms with Gasteiger partial charge in [-0.15, -0.1) is 0 Å². The molecule has 0 atom stereocenters. The minimum atomic E-state index is -0.894. The Kier molecular flexibility index (Phi) is 5.88. The van der Waals surface area contributed by atoms with Crippen LogP contribution < -0.4 is 5.69 Å². The number of carbonyl (C=O) groups is 1. The molecule has 0 aromatic carbocycles. The van der Waals surface area contributed by atoms with Crippen molar-refractivity contribution in [2.75, 3.05) is 20.6 Å². The minimum Gasteiger partial charge on any atom is -0.481 e. The van der Waals surface area contributed by atoms with Crippen molar-refractivity contribution in [1.29, 1.82) is 0 Å². The number of carboxylic acids is 1. The lowest BCUT2D eigenvalue weighted by Crippen LogP contribution is -2.33. The first kappa shape index (κ1) is 16.4. The van der Waals surface area contributed by atoms with Crippen LogP contribution in [0.3, 0.4) is 0 Å². The normalized spacial score (nSPS) is 11.1. The van der Waals surface area contributed by atoms with Crippen LogP contribution in [0.4, 0.5) is 0 Å². The highest BCUT2D eigenvalue weighted by molar-refractivity contribution is 5.71. The molecular formula is C14H23N3O3. The largest absolute Gasteiger partial charge is 0.481 e. The summed E-state index contributed by atoms with van der Waals surface area (Å²) in [6.45, 7) is 5.06. The maximum absolute atomic E-state index is 12.1. The van der Waals surface area contributed by atoms with Crippen molar-refractivity contribution in [1.82, 2.24) is 14.5 Å². The van der Waals surface area contributed by atoms with Crippen LogP contribution in [-0.2, 0) is 30.6 Å². The summed E-state index contributed by atoms with van der Waals surface area (Å²) in [4.78, 5) is 29.2. The highest BCUT2D eigenvalue weighted by Crippen LogP contribution is 2.14. The van der Waals surface area contributed by atoms with E-state index >= 15 is 0 Å². The zero-order valence-corrected chi connectivity index (χ0v) is 12.6. The van der Waals surface area contributed by atoms with E-state index in [1.807, 2.05) is 32.8 Å². The number of carboxylic acid groups (broad SMARTS) is 1. The number of aromatic nitrogens is 2. The zero-order valence-electron chi connectivity index (χ0n) is 12.6. The van der Waals surface area contributed by atoms with E-state index in [9.17, 15) is 9.59 Å². The second-order valence-electron chi connectivity index (χ2n) is 5.00. The summed E-state index contributed by atoms with van der Waals surface area (Å²) >= 11 is 0. The monoisotopic (exact) mass is 281 g/mol. The molecule has 0 saturated carbocycles. The van der Waals surface area contributed by atoms with E-state index in [1.54, 1.807) is 4.57 Å². The summed E-state index contributed by atoms with van der Waals surface area (Å²) in [6.07, 6.45) is 1.11. The standard InChI is InChI=1S/C14H23N3O3/c1-5-11-10(9-13(18)19)12(6-2)17(14(20)15-11)8-7-16(3)4/h5-9H2,1-4H3,(H,18,19). The highest BCUT2D eigenvalue weighted by Gasteiger charge is 2.17. The Hall–Kier alpha value is -1.69. The Morgan fingerprint density at radius 1 is 1.30 bits per heavy atom. The van der Waals surface area contributed by atoms with Gasteiger partial charge in [0.2, 0.25) is 0 Å². The van der Waals surface area contributed by atoms with Gasteiger partial charge in [-0.25, -0.2) is 4.79 Å². The molecule has 1 N–H and O–H groups in total. The molecule has 0 spiro atoms. The highest BCUT2D eigenvalue weighted by atomic mass is 16.4. The van der Waals surface area contributed by atoms with Gasteiger partial charge in [0.05, 0.1) is 12.1 Å². The lowest BCUT2D eigenvalue weighted by Gasteiger charge is -2.19. The van der Waals surface area contributed by atoms with Gasteiger partial charge >= 0.3 is 11.7 Å². The van der Waals surface area contributed by atoms with Gasteiger partial charge in [0.1, 0.15) is 0 Å². The number of aryl methyl sites for hydroxylation is 1. The molecule has 112 valence electrons. The maximum Gasteiger partial charge on any atom is 0.348 e. The fourth-order valence-electron chi connectivity index (χ4n) is 2.27. The molecule has 0 fully saturated rings. The van der Waals surface area contributed by atoms with Crippen LogP contribution >= 0.6 is 0 Å². The van der Waals surface area contributed by atoms with Crippen molar-refractivity contribution in [2.24, 2.45) is 0 Å². The van der Waals surface area contributed by atoms with Crippen molar-refractivity contribution in [2.45, 2.75) is 39.7 Å². The van der Waals surface area contributed by atoms with Crippen LogP contribution in [0.1, 0.15) is 30.8 Å². The molecule has 0 aliphatic heterocycles. The third-order valence-corrected chi connectivity index (χ3v) is 3.25. The molecule has 1 rings (SSSR count). The van der Waals surface area contributed by atoms with E-state index in [0.29, 0.717) is 37.2 Å². The van der Waals surface area contributed by atoms with Crippen molar-refractivity contribution >= 4 is 5.97 Å². The van der Waals surface area contributed by atoms with Gasteiger partial charge in [-0.2, -0.15) is 4.98 Å². The maximum atomic E-state index is 12.1. The minimum absolute atomic E-state index is 0.0818. The van der Waals surface area contributed by atoms with Gasteiger partial charge in [-0.05, 0) is 26.9 Å². The molecule has 1 aromatic rings. The fraction of sp³-hybridized carbons (Fsp3) is 0.643. The Morgan fingerprint density at radius 3 is 2.40 bits per heavy atom. The summed E-state index contributed by atoms with van der Waals surface area (Å²) < 4.78 is 1.61. The SMILES string of the molecule is CCc1nc(=O)n(CCN(C)C)c(CC)c1CC(=O)O. The van der Waals surface area contributed by atoms with Crippen molar-refractivity contribution < 1.29 is 9.90 Å². The first-order valence-electron chi connectivity index (χ1n) is 6.88. The quantitative estimate of drug-likeness (QED) is 0.790. The second-order valence-corrected chi connectivity index (χ2v) is 5.00. The predicted molar refractivity (Wildman–Crippen MR) is 77.1 cm³/mol. The Bertz CT molecular complexity index is 535. The van der Waals surface area contributed by atoms with Gasteiger partial charge in [0.15, 0.2) is 0 Å². The topological polar surface area (TPSA) is 75.4 Å². The Balaban J connectivity index is 3.35. The van der Waals surface area contributed by atoms with E-state index in [-0.39, 0.29) is 12.1 Å². The molecule has 0 radical (unpaired) electrons. The molecule has 20 heavy (non-hydrogen) atoms. The first-order valence-corrected chi connectivity index (χ1v) is 6.88. The fourth-order valence-corrected chi connectivity index (χ4v) is 2.27. The molecule has 0 aliphatic rings. The third kappa shape index (κ3) is 3.90. The van der Waals surface area contributed by atoms with Crippen LogP contribution in [0, 0.1) is 0 Å². The molecule has 6 heteroatoms. The molecular weight excluding hydrogens is 258 g/mol. The molecule has 1 aromatic heterocycles. The van der Waals surface area contributed by atoms with Crippen LogP contribution in [0.5, 0.6) is 0 Å². The van der Waals surface area contributed by atoms with E-state index in [0.717, 1.165) is 5.69 Å². The van der Waals surface area contributed by atoms with Gasteiger partial charge in [0, 0.05) is 24.3 Å².